The molecule has 0 unspecified atom stereocenters. The Labute approximate surface area is 165 Å². The Morgan fingerprint density at radius 2 is 1.79 bits per heavy atom. The van der Waals surface area contributed by atoms with E-state index in [9.17, 15) is 13.2 Å². The highest BCUT2D eigenvalue weighted by molar-refractivity contribution is 7.88. The number of hydrogen-bond donors (Lipinski definition) is 0. The smallest absolute Gasteiger partial charge is 0.268 e. The molecule has 28 heavy (non-hydrogen) atoms. The zero-order valence-electron chi connectivity index (χ0n) is 15.7. The second-order valence-corrected chi connectivity index (χ2v) is 9.07. The molecule has 4 rings (SSSR count). The zero-order chi connectivity index (χ0) is 19.9. The Morgan fingerprint density at radius 3 is 2.46 bits per heavy atom. The van der Waals surface area contributed by atoms with Gasteiger partial charge < -0.3 is 0 Å². The summed E-state index contributed by atoms with van der Waals surface area (Å²) in [6, 6.07) is 16.5. The fourth-order valence-corrected chi connectivity index (χ4v) is 5.09. The molecule has 0 saturated carbocycles. The van der Waals surface area contributed by atoms with Crippen LogP contribution < -0.4 is 0 Å². The Hall–Kier alpha value is -2.48. The van der Waals surface area contributed by atoms with Crippen molar-refractivity contribution in [1.29, 1.82) is 0 Å². The van der Waals surface area contributed by atoms with Gasteiger partial charge in [-0.2, -0.15) is 9.31 Å². The lowest BCUT2D eigenvalue weighted by molar-refractivity contribution is -0.127. The first-order chi connectivity index (χ1) is 13.4. The van der Waals surface area contributed by atoms with Gasteiger partial charge in [-0.3, -0.25) is 9.80 Å². The average molecular weight is 398 g/mol. The number of hydrazine groups is 1. The topological polar surface area (TPSA) is 60.9 Å². The molecule has 2 heterocycles. The van der Waals surface area contributed by atoms with Gasteiger partial charge in [0.15, 0.2) is 0 Å². The fraction of sp³-hybridized carbons (Fsp3) is 0.286. The minimum absolute atomic E-state index is 0.150. The van der Waals surface area contributed by atoms with Crippen LogP contribution in [0.25, 0.3) is 0 Å². The molecule has 2 atom stereocenters. The predicted octanol–water partition coefficient (Wildman–Crippen LogP) is 2.43. The first-order valence-corrected chi connectivity index (χ1v) is 11.1. The summed E-state index contributed by atoms with van der Waals surface area (Å²) in [6.45, 7) is 4.60. The van der Waals surface area contributed by atoms with Crippen LogP contribution in [-0.2, 0) is 16.4 Å². The van der Waals surface area contributed by atoms with Gasteiger partial charge in [0.2, 0.25) is 10.0 Å². The maximum atomic E-state index is 13.4. The van der Waals surface area contributed by atoms with Crippen LogP contribution in [0.2, 0.25) is 0 Å². The van der Waals surface area contributed by atoms with Crippen molar-refractivity contribution in [2.45, 2.75) is 18.6 Å². The lowest BCUT2D eigenvalue weighted by Crippen LogP contribution is -2.66. The van der Waals surface area contributed by atoms with Crippen LogP contribution in [0.3, 0.4) is 0 Å². The highest BCUT2D eigenvalue weighted by Gasteiger charge is 2.47. The molecule has 2 aliphatic rings. The maximum absolute atomic E-state index is 13.4. The molecule has 0 bridgehead atoms. The van der Waals surface area contributed by atoms with E-state index < -0.39 is 22.2 Å². The van der Waals surface area contributed by atoms with Gasteiger partial charge in [-0.05, 0) is 29.7 Å². The number of carbonyl (C=O) groups excluding carboxylic acids is 1. The van der Waals surface area contributed by atoms with Gasteiger partial charge >= 0.3 is 0 Å². The van der Waals surface area contributed by atoms with Crippen LogP contribution in [-0.4, -0.2) is 54.0 Å². The summed E-state index contributed by atoms with van der Waals surface area (Å²) < 4.78 is 26.7. The summed E-state index contributed by atoms with van der Waals surface area (Å²) in [5, 5.41) is 3.57. The molecule has 7 heteroatoms. The van der Waals surface area contributed by atoms with E-state index in [0.717, 1.165) is 17.5 Å². The highest BCUT2D eigenvalue weighted by atomic mass is 32.2. The van der Waals surface area contributed by atoms with Crippen molar-refractivity contribution in [3.05, 3.63) is 83.9 Å². The van der Waals surface area contributed by atoms with E-state index in [-0.39, 0.29) is 12.5 Å². The van der Waals surface area contributed by atoms with Crippen molar-refractivity contribution in [3.8, 4) is 0 Å². The van der Waals surface area contributed by atoms with Crippen LogP contribution in [0, 0.1) is 0 Å². The monoisotopic (exact) mass is 397 g/mol. The minimum atomic E-state index is -3.49. The molecule has 2 aliphatic heterocycles. The highest BCUT2D eigenvalue weighted by Crippen LogP contribution is 2.39. The van der Waals surface area contributed by atoms with Crippen molar-refractivity contribution >= 4 is 15.9 Å². The van der Waals surface area contributed by atoms with Crippen molar-refractivity contribution < 1.29 is 13.2 Å². The molecule has 0 aliphatic carbocycles. The van der Waals surface area contributed by atoms with E-state index in [0.29, 0.717) is 12.1 Å². The van der Waals surface area contributed by atoms with Crippen LogP contribution in [0.4, 0.5) is 0 Å². The molecule has 0 radical (unpaired) electrons. The third-order valence-electron chi connectivity index (χ3n) is 5.38. The zero-order valence-corrected chi connectivity index (χ0v) is 16.5. The molecule has 0 spiro atoms. The lowest BCUT2D eigenvalue weighted by Gasteiger charge is -2.54. The Kier molecular flexibility index (Phi) is 4.82. The quantitative estimate of drug-likeness (QED) is 0.747. The first kappa shape index (κ1) is 18.9. The summed E-state index contributed by atoms with van der Waals surface area (Å²) in [5.74, 6) is -0.150. The second kappa shape index (κ2) is 7.16. The summed E-state index contributed by atoms with van der Waals surface area (Å²) in [5.41, 5.74) is 2.61. The third-order valence-corrected chi connectivity index (χ3v) is 6.58. The number of rotatable bonds is 3. The summed E-state index contributed by atoms with van der Waals surface area (Å²) >= 11 is 0. The lowest BCUT2D eigenvalue weighted by atomic mass is 9.96. The SMILES string of the molecule is C=C[C@H]1CN(S(C)(=O)=O)[C@H]2c3ccccc3CCN2N1C(=O)c1ccccc1. The molecule has 2 aromatic carbocycles. The summed E-state index contributed by atoms with van der Waals surface area (Å²) in [4.78, 5) is 13.4. The van der Waals surface area contributed by atoms with Crippen molar-refractivity contribution in [2.75, 3.05) is 19.3 Å². The van der Waals surface area contributed by atoms with Crippen molar-refractivity contribution in [3.63, 3.8) is 0 Å². The van der Waals surface area contributed by atoms with Gasteiger partial charge in [0, 0.05) is 18.7 Å². The Balaban J connectivity index is 1.83. The second-order valence-electron chi connectivity index (χ2n) is 7.14. The Bertz CT molecular complexity index is 1010. The molecule has 6 nitrogen and oxygen atoms in total. The van der Waals surface area contributed by atoms with E-state index >= 15 is 0 Å². The summed E-state index contributed by atoms with van der Waals surface area (Å²) in [6.07, 6.45) is 3.07. The first-order valence-electron chi connectivity index (χ1n) is 9.24. The molecule has 2 aromatic rings. The number of hydrogen-bond acceptors (Lipinski definition) is 4. The van der Waals surface area contributed by atoms with Gasteiger partial charge in [0.05, 0.1) is 12.3 Å². The van der Waals surface area contributed by atoms with Gasteiger partial charge in [-0.25, -0.2) is 8.42 Å². The standard InChI is InChI=1S/C21H23N3O3S/c1-3-18-15-23(28(2,26)27)20-19-12-8-7-9-16(19)13-14-22(20)24(18)21(25)17-10-5-4-6-11-17/h3-12,18,20H,1,13-15H2,2H3/t18-,20-/m0/s1. The number of benzene rings is 2. The van der Waals surface area contributed by atoms with Crippen molar-refractivity contribution in [1.82, 2.24) is 14.3 Å². The number of amides is 1. The van der Waals surface area contributed by atoms with E-state index in [4.69, 9.17) is 0 Å². The molecule has 1 fully saturated rings. The summed E-state index contributed by atoms with van der Waals surface area (Å²) in [7, 11) is -3.49. The van der Waals surface area contributed by atoms with Crippen LogP contribution >= 0.6 is 0 Å². The van der Waals surface area contributed by atoms with Gasteiger partial charge in [0.25, 0.3) is 5.91 Å². The van der Waals surface area contributed by atoms with E-state index in [1.54, 1.807) is 23.2 Å². The van der Waals surface area contributed by atoms with Gasteiger partial charge in [-0.15, -0.1) is 6.58 Å². The van der Waals surface area contributed by atoms with Crippen LogP contribution in [0.5, 0.6) is 0 Å². The molecule has 146 valence electrons. The van der Waals surface area contributed by atoms with Crippen molar-refractivity contribution in [2.24, 2.45) is 0 Å². The normalized spacial score (nSPS) is 23.0. The average Bonchev–Trinajstić information content (AvgIpc) is 2.71. The van der Waals surface area contributed by atoms with E-state index in [1.807, 2.05) is 47.5 Å². The largest absolute Gasteiger partial charge is 0.268 e. The fourth-order valence-electron chi connectivity index (χ4n) is 4.08. The number of nitrogens with zero attached hydrogens (tertiary/aromatic N) is 3. The van der Waals surface area contributed by atoms with Gasteiger partial charge in [-0.1, -0.05) is 48.5 Å². The number of fused-ring (bicyclic) bond motifs is 3. The van der Waals surface area contributed by atoms with Crippen LogP contribution in [0.1, 0.15) is 27.7 Å². The molecule has 1 amide bonds. The molecule has 0 N–H and O–H groups in total. The molecular formula is C21H23N3O3S. The predicted molar refractivity (Wildman–Crippen MR) is 108 cm³/mol. The van der Waals surface area contributed by atoms with E-state index in [2.05, 4.69) is 6.58 Å². The Morgan fingerprint density at radius 1 is 1.11 bits per heavy atom. The minimum Gasteiger partial charge on any atom is -0.268 e. The van der Waals surface area contributed by atoms with E-state index in [1.165, 1.54) is 10.6 Å². The molecular weight excluding hydrogens is 374 g/mol. The number of sulfonamides is 1. The van der Waals surface area contributed by atoms with Crippen LogP contribution in [0.15, 0.2) is 67.3 Å². The van der Waals surface area contributed by atoms with Gasteiger partial charge in [0.1, 0.15) is 6.17 Å². The molecule has 1 saturated heterocycles. The molecule has 0 aromatic heterocycles. The third kappa shape index (κ3) is 3.15. The maximum Gasteiger partial charge on any atom is 0.268 e. The number of carbonyl (C=O) groups is 1.